The zero-order valence-electron chi connectivity index (χ0n) is 9.83. The van der Waals surface area contributed by atoms with E-state index in [2.05, 4.69) is 32.0 Å². The predicted octanol–water partition coefficient (Wildman–Crippen LogP) is 2.91. The van der Waals surface area contributed by atoms with Crippen LogP contribution in [-0.2, 0) is 15.3 Å². The maximum Gasteiger partial charge on any atom is 0.192 e. The highest BCUT2D eigenvalue weighted by Gasteiger charge is 2.37. The van der Waals surface area contributed by atoms with Gasteiger partial charge in [0.15, 0.2) is 5.79 Å². The first kappa shape index (κ1) is 10.7. The van der Waals surface area contributed by atoms with Crippen molar-refractivity contribution in [3.05, 3.63) is 34.9 Å². The molecular formula is C13H18O2. The highest BCUT2D eigenvalue weighted by molar-refractivity contribution is 5.33. The van der Waals surface area contributed by atoms with Gasteiger partial charge in [0.1, 0.15) is 0 Å². The van der Waals surface area contributed by atoms with Crippen molar-refractivity contribution in [2.45, 2.75) is 39.6 Å². The second-order valence-electron chi connectivity index (χ2n) is 4.50. The molecule has 2 heteroatoms. The number of aryl methyl sites for hydroxylation is 2. The second-order valence-corrected chi connectivity index (χ2v) is 4.50. The van der Waals surface area contributed by atoms with Gasteiger partial charge in [-0.15, -0.1) is 0 Å². The molecule has 15 heavy (non-hydrogen) atoms. The fraction of sp³-hybridized carbons (Fsp3) is 0.538. The van der Waals surface area contributed by atoms with Gasteiger partial charge < -0.3 is 9.47 Å². The highest BCUT2D eigenvalue weighted by Crippen LogP contribution is 2.35. The van der Waals surface area contributed by atoms with E-state index in [-0.39, 0.29) is 6.10 Å². The van der Waals surface area contributed by atoms with Gasteiger partial charge in [0, 0.05) is 5.56 Å². The largest absolute Gasteiger partial charge is 0.343 e. The molecule has 1 aliphatic heterocycles. The number of ether oxygens (including phenoxy) is 2. The van der Waals surface area contributed by atoms with Crippen LogP contribution in [0.15, 0.2) is 18.2 Å². The topological polar surface area (TPSA) is 18.5 Å². The zero-order chi connectivity index (χ0) is 11.1. The SMILES string of the molecule is Cc1ccc(C2(C)OCC(C)O2)c(C)c1. The summed E-state index contributed by atoms with van der Waals surface area (Å²) in [5.41, 5.74) is 3.63. The van der Waals surface area contributed by atoms with Crippen LogP contribution in [0.25, 0.3) is 0 Å². The van der Waals surface area contributed by atoms with Gasteiger partial charge in [0.25, 0.3) is 0 Å². The van der Waals surface area contributed by atoms with Crippen molar-refractivity contribution in [2.75, 3.05) is 6.61 Å². The molecule has 2 rings (SSSR count). The molecule has 0 saturated carbocycles. The molecule has 1 aliphatic rings. The van der Waals surface area contributed by atoms with Gasteiger partial charge >= 0.3 is 0 Å². The van der Waals surface area contributed by atoms with Crippen LogP contribution >= 0.6 is 0 Å². The van der Waals surface area contributed by atoms with Gasteiger partial charge in [-0.3, -0.25) is 0 Å². The van der Waals surface area contributed by atoms with Crippen molar-refractivity contribution in [1.29, 1.82) is 0 Å². The zero-order valence-corrected chi connectivity index (χ0v) is 9.83. The molecule has 0 amide bonds. The van der Waals surface area contributed by atoms with E-state index in [1.54, 1.807) is 0 Å². The van der Waals surface area contributed by atoms with Crippen molar-refractivity contribution in [3.63, 3.8) is 0 Å². The summed E-state index contributed by atoms with van der Waals surface area (Å²) in [4.78, 5) is 0. The quantitative estimate of drug-likeness (QED) is 0.703. The van der Waals surface area contributed by atoms with Crippen molar-refractivity contribution in [3.8, 4) is 0 Å². The predicted molar refractivity (Wildman–Crippen MR) is 59.8 cm³/mol. The minimum atomic E-state index is -0.558. The van der Waals surface area contributed by atoms with E-state index in [1.807, 2.05) is 13.8 Å². The first-order chi connectivity index (χ1) is 7.01. The average Bonchev–Trinajstić information content (AvgIpc) is 2.46. The minimum Gasteiger partial charge on any atom is -0.343 e. The molecule has 0 radical (unpaired) electrons. The lowest BCUT2D eigenvalue weighted by Gasteiger charge is -2.25. The molecule has 0 aromatic heterocycles. The number of hydrogen-bond acceptors (Lipinski definition) is 2. The Bertz CT molecular complexity index is 373. The Hall–Kier alpha value is -0.860. The Kier molecular flexibility index (Phi) is 2.57. The third-order valence-electron chi connectivity index (χ3n) is 2.89. The van der Waals surface area contributed by atoms with Gasteiger partial charge in [0.05, 0.1) is 12.7 Å². The summed E-state index contributed by atoms with van der Waals surface area (Å²) in [7, 11) is 0. The summed E-state index contributed by atoms with van der Waals surface area (Å²) in [6, 6.07) is 6.36. The summed E-state index contributed by atoms with van der Waals surface area (Å²) in [6.45, 7) is 8.90. The summed E-state index contributed by atoms with van der Waals surface area (Å²) in [5.74, 6) is -0.558. The van der Waals surface area contributed by atoms with Gasteiger partial charge in [-0.05, 0) is 33.3 Å². The molecule has 0 spiro atoms. The monoisotopic (exact) mass is 206 g/mol. The normalized spacial score (nSPS) is 30.8. The Morgan fingerprint density at radius 2 is 2.07 bits per heavy atom. The Morgan fingerprint density at radius 3 is 2.60 bits per heavy atom. The molecule has 2 atom stereocenters. The van der Waals surface area contributed by atoms with Gasteiger partial charge in [-0.1, -0.05) is 23.8 Å². The number of benzene rings is 1. The molecule has 1 aromatic carbocycles. The van der Waals surface area contributed by atoms with Crippen LogP contribution in [0.2, 0.25) is 0 Å². The number of rotatable bonds is 1. The van der Waals surface area contributed by atoms with Crippen LogP contribution in [0, 0.1) is 13.8 Å². The molecule has 2 nitrogen and oxygen atoms in total. The molecule has 0 aliphatic carbocycles. The van der Waals surface area contributed by atoms with Crippen molar-refractivity contribution in [1.82, 2.24) is 0 Å². The van der Waals surface area contributed by atoms with E-state index < -0.39 is 5.79 Å². The molecule has 2 unspecified atom stereocenters. The van der Waals surface area contributed by atoms with E-state index in [4.69, 9.17) is 9.47 Å². The van der Waals surface area contributed by atoms with Crippen molar-refractivity contribution in [2.24, 2.45) is 0 Å². The second kappa shape index (κ2) is 3.62. The van der Waals surface area contributed by atoms with E-state index in [0.717, 1.165) is 5.56 Å². The fourth-order valence-electron chi connectivity index (χ4n) is 2.19. The van der Waals surface area contributed by atoms with Crippen LogP contribution in [0.1, 0.15) is 30.5 Å². The highest BCUT2D eigenvalue weighted by atomic mass is 16.7. The summed E-state index contributed by atoms with van der Waals surface area (Å²) in [5, 5.41) is 0. The molecule has 82 valence electrons. The van der Waals surface area contributed by atoms with Gasteiger partial charge in [-0.25, -0.2) is 0 Å². The van der Waals surface area contributed by atoms with E-state index in [1.165, 1.54) is 11.1 Å². The smallest absolute Gasteiger partial charge is 0.192 e. The van der Waals surface area contributed by atoms with Crippen molar-refractivity contribution >= 4 is 0 Å². The molecule has 1 fully saturated rings. The van der Waals surface area contributed by atoms with E-state index in [9.17, 15) is 0 Å². The lowest BCUT2D eigenvalue weighted by atomic mass is 9.99. The van der Waals surface area contributed by atoms with Gasteiger partial charge in [-0.2, -0.15) is 0 Å². The van der Waals surface area contributed by atoms with Crippen LogP contribution in [0.4, 0.5) is 0 Å². The third-order valence-corrected chi connectivity index (χ3v) is 2.89. The van der Waals surface area contributed by atoms with Crippen molar-refractivity contribution < 1.29 is 9.47 Å². The third kappa shape index (κ3) is 1.92. The average molecular weight is 206 g/mol. The summed E-state index contributed by atoms with van der Waals surface area (Å²) in [6.07, 6.45) is 0.177. The van der Waals surface area contributed by atoms with Gasteiger partial charge in [0.2, 0.25) is 0 Å². The standard InChI is InChI=1S/C13H18O2/c1-9-5-6-12(10(2)7-9)13(4)14-8-11(3)15-13/h5-7,11H,8H2,1-4H3. The Morgan fingerprint density at radius 1 is 1.33 bits per heavy atom. The lowest BCUT2D eigenvalue weighted by molar-refractivity contribution is -0.160. The Balaban J connectivity index is 2.37. The van der Waals surface area contributed by atoms with Crippen LogP contribution < -0.4 is 0 Å². The van der Waals surface area contributed by atoms with Crippen LogP contribution in [-0.4, -0.2) is 12.7 Å². The van der Waals surface area contributed by atoms with E-state index >= 15 is 0 Å². The molecule has 1 heterocycles. The maximum atomic E-state index is 5.83. The summed E-state index contributed by atoms with van der Waals surface area (Å²) < 4.78 is 11.6. The minimum absolute atomic E-state index is 0.177. The lowest BCUT2D eigenvalue weighted by Crippen LogP contribution is -2.24. The number of hydrogen-bond donors (Lipinski definition) is 0. The Labute approximate surface area is 91.2 Å². The van der Waals surface area contributed by atoms with Crippen LogP contribution in [0.3, 0.4) is 0 Å². The fourth-order valence-corrected chi connectivity index (χ4v) is 2.19. The van der Waals surface area contributed by atoms with E-state index in [0.29, 0.717) is 6.61 Å². The molecular weight excluding hydrogens is 188 g/mol. The molecule has 1 aromatic rings. The summed E-state index contributed by atoms with van der Waals surface area (Å²) >= 11 is 0. The maximum absolute atomic E-state index is 5.83. The molecule has 0 N–H and O–H groups in total. The first-order valence-corrected chi connectivity index (χ1v) is 5.41. The molecule has 1 saturated heterocycles. The first-order valence-electron chi connectivity index (χ1n) is 5.41. The van der Waals surface area contributed by atoms with Crippen LogP contribution in [0.5, 0.6) is 0 Å². The molecule has 0 bridgehead atoms.